The molecule has 148 valence electrons. The molecule has 1 atom stereocenters. The Bertz CT molecular complexity index is 1020. The maximum atomic E-state index is 12.7. The minimum Gasteiger partial charge on any atom is -0.345 e. The van der Waals surface area contributed by atoms with E-state index in [1.807, 2.05) is 17.5 Å². The highest BCUT2D eigenvalue weighted by Crippen LogP contribution is 2.23. The van der Waals surface area contributed by atoms with Crippen LogP contribution in [0.15, 0.2) is 52.4 Å². The lowest BCUT2D eigenvalue weighted by Crippen LogP contribution is -2.49. The zero-order valence-electron chi connectivity index (χ0n) is 15.4. The van der Waals surface area contributed by atoms with Crippen molar-refractivity contribution in [2.75, 3.05) is 10.6 Å². The number of nitrogens with zero attached hydrogens (tertiary/aromatic N) is 3. The highest BCUT2D eigenvalue weighted by molar-refractivity contribution is 7.92. The van der Waals surface area contributed by atoms with Crippen LogP contribution in [0.3, 0.4) is 0 Å². The van der Waals surface area contributed by atoms with E-state index in [0.29, 0.717) is 17.9 Å². The molecule has 1 N–H and O–H groups in total. The average molecular weight is 421 g/mol. The zero-order chi connectivity index (χ0) is 20.1. The topological polar surface area (TPSA) is 105 Å². The van der Waals surface area contributed by atoms with Gasteiger partial charge in [-0.15, -0.1) is 11.3 Å². The number of benzene rings is 1. The SMILES string of the molecule is CCC(C(=O)NCc1nc(-c2cccs2)no1)N(c1ccccc1)S(C)(=O)=O. The Morgan fingerprint density at radius 2 is 2.00 bits per heavy atom. The molecule has 1 unspecified atom stereocenters. The van der Waals surface area contributed by atoms with Gasteiger partial charge in [0.25, 0.3) is 0 Å². The average Bonchev–Trinajstić information content (AvgIpc) is 3.35. The number of thiophene rings is 1. The van der Waals surface area contributed by atoms with Crippen LogP contribution in [-0.4, -0.2) is 36.8 Å². The number of hydrogen-bond donors (Lipinski definition) is 1. The maximum absolute atomic E-state index is 12.7. The third-order valence-corrected chi connectivity index (χ3v) is 6.01. The molecule has 0 bridgehead atoms. The summed E-state index contributed by atoms with van der Waals surface area (Å²) in [6.07, 6.45) is 1.39. The second-order valence-electron chi connectivity index (χ2n) is 6.03. The first-order valence-corrected chi connectivity index (χ1v) is 11.3. The fraction of sp³-hybridized carbons (Fsp3) is 0.278. The molecule has 0 saturated carbocycles. The molecule has 0 radical (unpaired) electrons. The summed E-state index contributed by atoms with van der Waals surface area (Å²) in [4.78, 5) is 17.8. The van der Waals surface area contributed by atoms with Crippen molar-refractivity contribution in [1.29, 1.82) is 0 Å². The third-order valence-electron chi connectivity index (χ3n) is 3.96. The zero-order valence-corrected chi connectivity index (χ0v) is 17.0. The number of hydrogen-bond acceptors (Lipinski definition) is 7. The van der Waals surface area contributed by atoms with Crippen LogP contribution in [0, 0.1) is 0 Å². The minimum absolute atomic E-state index is 0.0140. The van der Waals surface area contributed by atoms with Crippen LogP contribution in [0.5, 0.6) is 0 Å². The quantitative estimate of drug-likeness (QED) is 0.601. The van der Waals surface area contributed by atoms with Crippen molar-refractivity contribution in [1.82, 2.24) is 15.5 Å². The highest BCUT2D eigenvalue weighted by atomic mass is 32.2. The Kier molecular flexibility index (Phi) is 6.10. The number of aromatic nitrogens is 2. The highest BCUT2D eigenvalue weighted by Gasteiger charge is 2.31. The van der Waals surface area contributed by atoms with Crippen molar-refractivity contribution < 1.29 is 17.7 Å². The van der Waals surface area contributed by atoms with Gasteiger partial charge in [0.2, 0.25) is 27.6 Å². The molecule has 3 aromatic rings. The van der Waals surface area contributed by atoms with Gasteiger partial charge in [-0.05, 0) is 30.0 Å². The molecule has 0 aliphatic heterocycles. The molecule has 8 nitrogen and oxygen atoms in total. The number of rotatable bonds is 8. The van der Waals surface area contributed by atoms with E-state index in [2.05, 4.69) is 15.5 Å². The molecule has 2 aromatic heterocycles. The van der Waals surface area contributed by atoms with E-state index in [1.54, 1.807) is 37.3 Å². The Morgan fingerprint density at radius 1 is 1.25 bits per heavy atom. The molecule has 3 rings (SSSR count). The summed E-state index contributed by atoms with van der Waals surface area (Å²) in [5.74, 6) is 0.262. The first-order chi connectivity index (χ1) is 13.4. The van der Waals surface area contributed by atoms with Crippen LogP contribution in [-0.2, 0) is 21.4 Å². The van der Waals surface area contributed by atoms with Crippen LogP contribution in [0.2, 0.25) is 0 Å². The lowest BCUT2D eigenvalue weighted by molar-refractivity contribution is -0.122. The third kappa shape index (κ3) is 4.57. The minimum atomic E-state index is -3.66. The van der Waals surface area contributed by atoms with E-state index in [1.165, 1.54) is 11.3 Å². The first kappa shape index (κ1) is 20.0. The molecular formula is C18H20N4O4S2. The number of carbonyl (C=O) groups is 1. The maximum Gasteiger partial charge on any atom is 0.246 e. The largest absolute Gasteiger partial charge is 0.345 e. The van der Waals surface area contributed by atoms with Crippen molar-refractivity contribution in [3.05, 3.63) is 53.7 Å². The second kappa shape index (κ2) is 8.53. The molecule has 28 heavy (non-hydrogen) atoms. The molecule has 0 aliphatic rings. The Balaban J connectivity index is 1.74. The normalized spacial score (nSPS) is 12.5. The van der Waals surface area contributed by atoms with Gasteiger partial charge in [-0.25, -0.2) is 8.42 Å². The van der Waals surface area contributed by atoms with Crippen LogP contribution in [0.1, 0.15) is 19.2 Å². The summed E-state index contributed by atoms with van der Waals surface area (Å²) in [5, 5.41) is 8.49. The van der Waals surface area contributed by atoms with Gasteiger partial charge in [-0.3, -0.25) is 9.10 Å². The van der Waals surface area contributed by atoms with Gasteiger partial charge in [0.05, 0.1) is 23.4 Å². The summed E-state index contributed by atoms with van der Waals surface area (Å²) in [6.45, 7) is 1.77. The number of para-hydroxylation sites is 1. The summed E-state index contributed by atoms with van der Waals surface area (Å²) in [6, 6.07) is 11.4. The Hall–Kier alpha value is -2.72. The lowest BCUT2D eigenvalue weighted by Gasteiger charge is -2.29. The van der Waals surface area contributed by atoms with Gasteiger partial charge in [0.15, 0.2) is 0 Å². The smallest absolute Gasteiger partial charge is 0.246 e. The van der Waals surface area contributed by atoms with Crippen molar-refractivity contribution in [2.24, 2.45) is 0 Å². The summed E-state index contributed by atoms with van der Waals surface area (Å²) in [5.41, 5.74) is 0.435. The predicted molar refractivity (Wildman–Crippen MR) is 107 cm³/mol. The Morgan fingerprint density at radius 3 is 2.61 bits per heavy atom. The number of anilines is 1. The molecule has 10 heteroatoms. The van der Waals surface area contributed by atoms with Crippen LogP contribution < -0.4 is 9.62 Å². The van der Waals surface area contributed by atoms with E-state index in [9.17, 15) is 13.2 Å². The van der Waals surface area contributed by atoms with Crippen molar-refractivity contribution in [2.45, 2.75) is 25.9 Å². The van der Waals surface area contributed by atoms with Gasteiger partial charge in [0.1, 0.15) is 6.04 Å². The lowest BCUT2D eigenvalue weighted by atomic mass is 10.2. The number of sulfonamides is 1. The van der Waals surface area contributed by atoms with Gasteiger partial charge in [-0.2, -0.15) is 4.98 Å². The van der Waals surface area contributed by atoms with Crippen LogP contribution in [0.4, 0.5) is 5.69 Å². The van der Waals surface area contributed by atoms with Crippen molar-refractivity contribution >= 4 is 33.0 Å². The van der Waals surface area contributed by atoms with Gasteiger partial charge < -0.3 is 9.84 Å². The van der Waals surface area contributed by atoms with Crippen molar-refractivity contribution in [3.63, 3.8) is 0 Å². The molecule has 0 fully saturated rings. The van der Waals surface area contributed by atoms with Crippen LogP contribution in [0.25, 0.3) is 10.7 Å². The molecule has 0 spiro atoms. The summed E-state index contributed by atoms with van der Waals surface area (Å²) >= 11 is 1.48. The number of amides is 1. The number of carbonyl (C=O) groups excluding carboxylic acids is 1. The van der Waals surface area contributed by atoms with E-state index in [4.69, 9.17) is 4.52 Å². The fourth-order valence-electron chi connectivity index (χ4n) is 2.75. The van der Waals surface area contributed by atoms with Gasteiger partial charge >= 0.3 is 0 Å². The second-order valence-corrected chi connectivity index (χ2v) is 8.83. The first-order valence-electron chi connectivity index (χ1n) is 8.58. The standard InChI is InChI=1S/C18H20N4O4S2/c1-3-14(22(28(2,24)25)13-8-5-4-6-9-13)18(23)19-12-16-20-17(21-26-16)15-10-7-11-27-15/h4-11,14H,3,12H2,1-2H3,(H,19,23). The van der Waals surface area contributed by atoms with Gasteiger partial charge in [0, 0.05) is 0 Å². The van der Waals surface area contributed by atoms with Crippen LogP contribution >= 0.6 is 11.3 Å². The molecule has 0 saturated heterocycles. The molecule has 2 heterocycles. The molecule has 0 aliphatic carbocycles. The summed E-state index contributed by atoms with van der Waals surface area (Å²) < 4.78 is 31.0. The van der Waals surface area contributed by atoms with Crippen molar-refractivity contribution in [3.8, 4) is 10.7 Å². The van der Waals surface area contributed by atoms with E-state index in [-0.39, 0.29) is 12.4 Å². The van der Waals surface area contributed by atoms with Gasteiger partial charge in [-0.1, -0.05) is 36.3 Å². The monoisotopic (exact) mass is 420 g/mol. The molecular weight excluding hydrogens is 400 g/mol. The van der Waals surface area contributed by atoms with E-state index >= 15 is 0 Å². The molecule has 1 aromatic carbocycles. The van der Waals surface area contributed by atoms with E-state index in [0.717, 1.165) is 15.4 Å². The summed E-state index contributed by atoms with van der Waals surface area (Å²) in [7, 11) is -3.66. The molecule has 1 amide bonds. The number of nitrogens with one attached hydrogen (secondary N) is 1. The fourth-order valence-corrected chi connectivity index (χ4v) is 4.61. The predicted octanol–water partition coefficient (Wildman–Crippen LogP) is 2.66. The Labute approximate surface area is 167 Å². The van der Waals surface area contributed by atoms with E-state index < -0.39 is 22.0 Å².